The van der Waals surface area contributed by atoms with E-state index in [4.69, 9.17) is 11.6 Å². The second-order valence-electron chi connectivity index (χ2n) is 5.49. The van der Waals surface area contributed by atoms with E-state index < -0.39 is 10.0 Å². The van der Waals surface area contributed by atoms with Crippen molar-refractivity contribution in [1.29, 1.82) is 0 Å². The van der Waals surface area contributed by atoms with Crippen LogP contribution in [0.2, 0.25) is 5.02 Å². The number of nitrogens with one attached hydrogen (secondary N) is 1. The number of hydrogen-bond donors (Lipinski definition) is 1. The van der Waals surface area contributed by atoms with Gasteiger partial charge in [0.15, 0.2) is 0 Å². The Labute approximate surface area is 136 Å². The molecule has 5 nitrogen and oxygen atoms in total. The number of rotatable bonds is 5. The smallest absolute Gasteiger partial charge is 0.227 e. The fraction of sp³-hybridized carbons (Fsp3) is 0.533. The zero-order chi connectivity index (χ0) is 16.2. The molecule has 1 aliphatic rings. The third-order valence-corrected chi connectivity index (χ3v) is 6.08. The number of benzene rings is 1. The first kappa shape index (κ1) is 17.2. The summed E-state index contributed by atoms with van der Waals surface area (Å²) in [6, 6.07) is 7.00. The number of carbonyl (C=O) groups is 1. The number of nitrogens with zero attached hydrogens (tertiary/aromatic N) is 1. The zero-order valence-electron chi connectivity index (χ0n) is 12.6. The van der Waals surface area contributed by atoms with Gasteiger partial charge >= 0.3 is 0 Å². The summed E-state index contributed by atoms with van der Waals surface area (Å²) in [6.45, 7) is 2.68. The SMILES string of the molecule is CCCS(=O)(=O)N1CCC(C(=O)Nc2cccc(Cl)c2)CC1. The molecule has 7 heteroatoms. The van der Waals surface area contributed by atoms with E-state index in [1.807, 2.05) is 6.92 Å². The number of halogens is 1. The predicted molar refractivity (Wildman–Crippen MR) is 88.5 cm³/mol. The summed E-state index contributed by atoms with van der Waals surface area (Å²) in [6.07, 6.45) is 1.71. The minimum absolute atomic E-state index is 0.0743. The van der Waals surface area contributed by atoms with Crippen LogP contribution in [0, 0.1) is 5.92 Å². The van der Waals surface area contributed by atoms with E-state index >= 15 is 0 Å². The van der Waals surface area contributed by atoms with E-state index in [1.165, 1.54) is 4.31 Å². The van der Waals surface area contributed by atoms with Gasteiger partial charge in [-0.1, -0.05) is 24.6 Å². The van der Waals surface area contributed by atoms with Crippen molar-refractivity contribution in [3.05, 3.63) is 29.3 Å². The Balaban J connectivity index is 1.90. The summed E-state index contributed by atoms with van der Waals surface area (Å²) < 4.78 is 25.5. The van der Waals surface area contributed by atoms with Crippen LogP contribution in [0.3, 0.4) is 0 Å². The number of carbonyl (C=O) groups excluding carboxylic acids is 1. The molecule has 0 spiro atoms. The van der Waals surface area contributed by atoms with Gasteiger partial charge in [-0.2, -0.15) is 0 Å². The van der Waals surface area contributed by atoms with Crippen molar-refractivity contribution < 1.29 is 13.2 Å². The predicted octanol–water partition coefficient (Wildman–Crippen LogP) is 2.73. The van der Waals surface area contributed by atoms with Crippen molar-refractivity contribution in [2.75, 3.05) is 24.2 Å². The van der Waals surface area contributed by atoms with Crippen LogP contribution in [-0.4, -0.2) is 37.5 Å². The van der Waals surface area contributed by atoms with E-state index in [0.717, 1.165) is 0 Å². The first-order chi connectivity index (χ1) is 10.4. The highest BCUT2D eigenvalue weighted by molar-refractivity contribution is 7.89. The molecule has 0 unspecified atom stereocenters. The first-order valence-corrected chi connectivity index (χ1v) is 9.45. The Bertz CT molecular complexity index is 625. The van der Waals surface area contributed by atoms with E-state index in [-0.39, 0.29) is 17.6 Å². The van der Waals surface area contributed by atoms with Gasteiger partial charge in [-0.25, -0.2) is 12.7 Å². The van der Waals surface area contributed by atoms with Crippen molar-refractivity contribution in [3.8, 4) is 0 Å². The van der Waals surface area contributed by atoms with E-state index in [2.05, 4.69) is 5.32 Å². The van der Waals surface area contributed by atoms with Crippen LogP contribution < -0.4 is 5.32 Å². The molecule has 0 radical (unpaired) electrons. The average molecular weight is 345 g/mol. The molecule has 122 valence electrons. The van der Waals surface area contributed by atoms with Crippen LogP contribution in [0.1, 0.15) is 26.2 Å². The molecule has 0 aromatic heterocycles. The maximum Gasteiger partial charge on any atom is 0.227 e. The fourth-order valence-electron chi connectivity index (χ4n) is 2.59. The van der Waals surface area contributed by atoms with Crippen LogP contribution in [0.15, 0.2) is 24.3 Å². The average Bonchev–Trinajstić information content (AvgIpc) is 2.47. The number of hydrogen-bond acceptors (Lipinski definition) is 3. The van der Waals surface area contributed by atoms with E-state index in [1.54, 1.807) is 24.3 Å². The van der Waals surface area contributed by atoms with Gasteiger partial charge in [0.2, 0.25) is 15.9 Å². The van der Waals surface area contributed by atoms with Crippen molar-refractivity contribution >= 4 is 33.2 Å². The standard InChI is InChI=1S/C15H21ClN2O3S/c1-2-10-22(20,21)18-8-6-12(7-9-18)15(19)17-14-5-3-4-13(16)11-14/h3-5,11-12H,2,6-10H2,1H3,(H,17,19). The van der Waals surface area contributed by atoms with Crippen LogP contribution in [0.25, 0.3) is 0 Å². The number of piperidine rings is 1. The molecule has 1 aromatic carbocycles. The molecule has 1 N–H and O–H groups in total. The molecule has 1 fully saturated rings. The van der Waals surface area contributed by atoms with Gasteiger partial charge in [0, 0.05) is 29.7 Å². The lowest BCUT2D eigenvalue weighted by Crippen LogP contribution is -2.42. The molecular formula is C15H21ClN2O3S. The Morgan fingerprint density at radius 3 is 2.64 bits per heavy atom. The lowest BCUT2D eigenvalue weighted by molar-refractivity contribution is -0.120. The Hall–Kier alpha value is -1.11. The van der Waals surface area contributed by atoms with Gasteiger partial charge in [-0.15, -0.1) is 0 Å². The summed E-state index contributed by atoms with van der Waals surface area (Å²) in [5.74, 6) is -0.0614. The van der Waals surface area contributed by atoms with Crippen molar-refractivity contribution in [2.24, 2.45) is 5.92 Å². The Morgan fingerprint density at radius 2 is 2.05 bits per heavy atom. The minimum Gasteiger partial charge on any atom is -0.326 e. The molecule has 0 aliphatic carbocycles. The molecule has 1 aromatic rings. The molecule has 0 bridgehead atoms. The highest BCUT2D eigenvalue weighted by atomic mass is 35.5. The summed E-state index contributed by atoms with van der Waals surface area (Å²) in [5, 5.41) is 3.41. The van der Waals surface area contributed by atoms with Crippen LogP contribution >= 0.6 is 11.6 Å². The molecule has 1 heterocycles. The number of anilines is 1. The highest BCUT2D eigenvalue weighted by Crippen LogP contribution is 2.22. The van der Waals surface area contributed by atoms with Crippen LogP contribution in [0.4, 0.5) is 5.69 Å². The monoisotopic (exact) mass is 344 g/mol. The lowest BCUT2D eigenvalue weighted by Gasteiger charge is -2.30. The summed E-state index contributed by atoms with van der Waals surface area (Å²) >= 11 is 5.89. The largest absolute Gasteiger partial charge is 0.326 e. The number of sulfonamides is 1. The van der Waals surface area contributed by atoms with Gasteiger partial charge in [0.1, 0.15) is 0 Å². The van der Waals surface area contributed by atoms with Crippen molar-refractivity contribution in [2.45, 2.75) is 26.2 Å². The first-order valence-electron chi connectivity index (χ1n) is 7.46. The molecular weight excluding hydrogens is 324 g/mol. The highest BCUT2D eigenvalue weighted by Gasteiger charge is 2.30. The topological polar surface area (TPSA) is 66.5 Å². The maximum absolute atomic E-state index is 12.2. The second kappa shape index (κ2) is 7.44. The molecule has 1 aliphatic heterocycles. The van der Waals surface area contributed by atoms with Gasteiger partial charge < -0.3 is 5.32 Å². The summed E-state index contributed by atoms with van der Waals surface area (Å²) in [4.78, 5) is 12.2. The Kier molecular flexibility index (Phi) is 5.83. The van der Waals surface area contributed by atoms with Crippen LogP contribution in [0.5, 0.6) is 0 Å². The zero-order valence-corrected chi connectivity index (χ0v) is 14.2. The third-order valence-electron chi connectivity index (χ3n) is 3.77. The summed E-state index contributed by atoms with van der Waals surface area (Å²) in [5.41, 5.74) is 0.665. The maximum atomic E-state index is 12.2. The molecule has 0 atom stereocenters. The van der Waals surface area contributed by atoms with E-state index in [0.29, 0.717) is 43.1 Å². The van der Waals surface area contributed by atoms with Gasteiger partial charge in [-0.05, 0) is 37.5 Å². The normalized spacial score (nSPS) is 17.4. The molecule has 1 amide bonds. The second-order valence-corrected chi connectivity index (χ2v) is 8.01. The van der Waals surface area contributed by atoms with Gasteiger partial charge in [0.05, 0.1) is 5.75 Å². The molecule has 22 heavy (non-hydrogen) atoms. The minimum atomic E-state index is -3.16. The quantitative estimate of drug-likeness (QED) is 0.893. The van der Waals surface area contributed by atoms with Gasteiger partial charge in [-0.3, -0.25) is 4.79 Å². The van der Waals surface area contributed by atoms with E-state index in [9.17, 15) is 13.2 Å². The summed E-state index contributed by atoms with van der Waals surface area (Å²) in [7, 11) is -3.16. The van der Waals surface area contributed by atoms with Crippen molar-refractivity contribution in [3.63, 3.8) is 0 Å². The number of amides is 1. The molecule has 1 saturated heterocycles. The fourth-order valence-corrected chi connectivity index (χ4v) is 4.33. The lowest BCUT2D eigenvalue weighted by atomic mass is 9.97. The molecule has 2 rings (SSSR count). The van der Waals surface area contributed by atoms with Gasteiger partial charge in [0.25, 0.3) is 0 Å². The van der Waals surface area contributed by atoms with Crippen LogP contribution in [-0.2, 0) is 14.8 Å². The third kappa shape index (κ3) is 4.44. The molecule has 0 saturated carbocycles. The Morgan fingerprint density at radius 1 is 1.36 bits per heavy atom. The van der Waals surface area contributed by atoms with Crippen molar-refractivity contribution in [1.82, 2.24) is 4.31 Å².